The lowest BCUT2D eigenvalue weighted by molar-refractivity contribution is -0.384. The van der Waals surface area contributed by atoms with Crippen molar-refractivity contribution in [3.8, 4) is 0 Å². The summed E-state index contributed by atoms with van der Waals surface area (Å²) in [5.74, 6) is -0.751. The van der Waals surface area contributed by atoms with Gasteiger partial charge in [0.2, 0.25) is 5.91 Å². The first-order valence-corrected chi connectivity index (χ1v) is 15.0. The summed E-state index contributed by atoms with van der Waals surface area (Å²) < 4.78 is 39.8. The van der Waals surface area contributed by atoms with Gasteiger partial charge in [-0.15, -0.1) is 0 Å². The summed E-state index contributed by atoms with van der Waals surface area (Å²) in [6.07, 6.45) is -32.5. The first kappa shape index (κ1) is 38.5. The fraction of sp³-hybridized carbons (Fsp3) is 0.962. The molecule has 0 aromatic heterocycles. The topological polar surface area (TPSA) is 336 Å². The minimum Gasteiger partial charge on any atom is -0.394 e. The second-order valence-electron chi connectivity index (χ2n) is 11.9. The maximum absolute atomic E-state index is 12.5. The maximum atomic E-state index is 12.5. The normalized spacial score (nSPS) is 51.0. The molecule has 4 aliphatic rings. The first-order valence-electron chi connectivity index (χ1n) is 15.0. The van der Waals surface area contributed by atoms with Crippen molar-refractivity contribution in [2.45, 2.75) is 137 Å². The summed E-state index contributed by atoms with van der Waals surface area (Å²) in [7, 11) is 0. The smallest absolute Gasteiger partial charge is 0.217 e. The van der Waals surface area contributed by atoms with Crippen molar-refractivity contribution in [2.75, 3.05) is 19.8 Å². The van der Waals surface area contributed by atoms with Gasteiger partial charge >= 0.3 is 0 Å². The van der Waals surface area contributed by atoms with Crippen molar-refractivity contribution < 1.29 is 99.2 Å². The Bertz CT molecular complexity index is 1010. The number of nitrogens with one attached hydrogen (secondary N) is 1. The summed E-state index contributed by atoms with van der Waals surface area (Å²) in [5.41, 5.74) is 0. The average Bonchev–Trinajstić information content (AvgIpc) is 3.04. The number of ether oxygens (including phenoxy) is 7. The van der Waals surface area contributed by atoms with Crippen molar-refractivity contribution in [1.82, 2.24) is 5.32 Å². The monoisotopic (exact) mass is 691 g/mol. The summed E-state index contributed by atoms with van der Waals surface area (Å²) in [5, 5.41) is 126. The molecule has 0 spiro atoms. The molecule has 0 aromatic carbocycles. The fourth-order valence-corrected chi connectivity index (χ4v) is 5.89. The fourth-order valence-electron chi connectivity index (χ4n) is 5.89. The lowest BCUT2D eigenvalue weighted by atomic mass is 9.93. The number of rotatable bonds is 10. The Morgan fingerprint density at radius 1 is 0.553 bits per heavy atom. The molecular weight excluding hydrogens is 646 g/mol. The number of hydrogen-bond acceptors (Lipinski definition) is 20. The van der Waals surface area contributed by atoms with E-state index in [4.69, 9.17) is 33.2 Å². The molecule has 0 saturated carbocycles. The molecular formula is C26H45NO20. The van der Waals surface area contributed by atoms with Gasteiger partial charge in [0.25, 0.3) is 0 Å². The number of hydrogen-bond donors (Lipinski definition) is 13. The van der Waals surface area contributed by atoms with Gasteiger partial charge in [-0.3, -0.25) is 4.79 Å². The van der Waals surface area contributed by atoms with E-state index in [1.807, 2.05) is 0 Å². The Morgan fingerprint density at radius 3 is 1.62 bits per heavy atom. The zero-order valence-electron chi connectivity index (χ0n) is 25.3. The van der Waals surface area contributed by atoms with Crippen LogP contribution in [-0.2, 0) is 38.0 Å². The van der Waals surface area contributed by atoms with Crippen LogP contribution < -0.4 is 5.32 Å². The molecule has 0 radical (unpaired) electrons. The molecule has 1 amide bonds. The number of aliphatic hydroxyl groups excluding tert-OH is 12. The molecule has 13 N–H and O–H groups in total. The van der Waals surface area contributed by atoms with Crippen LogP contribution in [0.4, 0.5) is 0 Å². The van der Waals surface area contributed by atoms with E-state index in [0.29, 0.717) is 0 Å². The highest BCUT2D eigenvalue weighted by molar-refractivity contribution is 5.73. The third kappa shape index (κ3) is 8.04. The predicted molar refractivity (Wildman–Crippen MR) is 144 cm³/mol. The molecule has 0 aliphatic carbocycles. The molecule has 4 rings (SSSR count). The van der Waals surface area contributed by atoms with E-state index in [2.05, 4.69) is 5.32 Å². The molecule has 274 valence electrons. The molecule has 47 heavy (non-hydrogen) atoms. The third-order valence-corrected chi connectivity index (χ3v) is 8.57. The number of amides is 1. The maximum Gasteiger partial charge on any atom is 0.217 e. The van der Waals surface area contributed by atoms with Crippen molar-refractivity contribution in [2.24, 2.45) is 0 Å². The van der Waals surface area contributed by atoms with Crippen LogP contribution in [0, 0.1) is 0 Å². The van der Waals surface area contributed by atoms with Crippen LogP contribution in [0.25, 0.3) is 0 Å². The second kappa shape index (κ2) is 16.2. The Kier molecular flexibility index (Phi) is 13.2. The highest BCUT2D eigenvalue weighted by Gasteiger charge is 2.56. The predicted octanol–water partition coefficient (Wildman–Crippen LogP) is -8.58. The molecule has 21 nitrogen and oxygen atoms in total. The molecule has 4 aliphatic heterocycles. The number of carbonyl (C=O) groups is 1. The van der Waals surface area contributed by atoms with Gasteiger partial charge in [-0.25, -0.2) is 0 Å². The zero-order valence-corrected chi connectivity index (χ0v) is 25.3. The van der Waals surface area contributed by atoms with Gasteiger partial charge in [-0.05, 0) is 6.92 Å². The van der Waals surface area contributed by atoms with E-state index in [-0.39, 0.29) is 0 Å². The van der Waals surface area contributed by atoms with Crippen LogP contribution in [0.2, 0.25) is 0 Å². The van der Waals surface area contributed by atoms with Gasteiger partial charge in [0.1, 0.15) is 91.5 Å². The van der Waals surface area contributed by atoms with E-state index < -0.39 is 148 Å². The SMILES string of the molecule is CC(=O)N[C@H]1[C@H](O[C@H]2[C@H](O)[C@@H](O)[C@H](O)O[C@@H]2CO)O[C@H](CO)[C@@H](O[C@@H]2O[C@H](CO)[C@H](O)[C@H](O)[C@H]2O)[C@@H]1O[C@@H]1O[C@@H](C)[C@@H](O)[C@@H](O)[C@@H]1O. The standard InChI is InChI=1S/C26H45NO20/c1-6-12(32)14(34)18(38)25(41-6)47-22-11(27-7(2)31)24(45-20-9(4-29)42-23(40)17(37)16(20)36)44-10(5-30)21(22)46-26-19(39)15(35)13(33)8(3-28)43-26/h6,8-26,28-30,32-40H,3-5H2,1-2H3,(H,27,31)/t6-,8+,9+,10+,11+,12+,13-,14+,15-,16+,17+,18-,19+,20+,21+,22+,23+,24-,25-,26-/m0/s1. The largest absolute Gasteiger partial charge is 0.394 e. The molecule has 21 heteroatoms. The molecule has 4 heterocycles. The van der Waals surface area contributed by atoms with Crippen LogP contribution in [0.5, 0.6) is 0 Å². The molecule has 0 unspecified atom stereocenters. The van der Waals surface area contributed by atoms with E-state index in [1.165, 1.54) is 6.92 Å². The van der Waals surface area contributed by atoms with Crippen LogP contribution in [-0.4, -0.2) is 210 Å². The van der Waals surface area contributed by atoms with E-state index in [1.54, 1.807) is 0 Å². The number of carbonyl (C=O) groups excluding carboxylic acids is 1. The quantitative estimate of drug-likeness (QED) is 0.101. The van der Waals surface area contributed by atoms with Crippen molar-refractivity contribution in [1.29, 1.82) is 0 Å². The highest BCUT2D eigenvalue weighted by atomic mass is 16.8. The molecule has 0 aromatic rings. The Balaban J connectivity index is 1.73. The Hall–Kier alpha value is -1.29. The lowest BCUT2D eigenvalue weighted by Gasteiger charge is -2.51. The van der Waals surface area contributed by atoms with Gasteiger partial charge in [0.15, 0.2) is 25.2 Å². The summed E-state index contributed by atoms with van der Waals surface area (Å²) >= 11 is 0. The second-order valence-corrected chi connectivity index (χ2v) is 11.9. The van der Waals surface area contributed by atoms with Gasteiger partial charge in [-0.2, -0.15) is 0 Å². The van der Waals surface area contributed by atoms with Gasteiger partial charge < -0.3 is 99.8 Å². The molecule has 4 saturated heterocycles. The Labute approximate surface area is 267 Å². The molecule has 0 bridgehead atoms. The van der Waals surface area contributed by atoms with Crippen LogP contribution >= 0.6 is 0 Å². The van der Waals surface area contributed by atoms with E-state index >= 15 is 0 Å². The lowest BCUT2D eigenvalue weighted by Crippen LogP contribution is -2.71. The van der Waals surface area contributed by atoms with Crippen molar-refractivity contribution in [3.63, 3.8) is 0 Å². The Morgan fingerprint density at radius 2 is 1.04 bits per heavy atom. The summed E-state index contributed by atoms with van der Waals surface area (Å²) in [6.45, 7) is -0.152. The van der Waals surface area contributed by atoms with Gasteiger partial charge in [-0.1, -0.05) is 0 Å². The average molecular weight is 692 g/mol. The van der Waals surface area contributed by atoms with Crippen LogP contribution in [0.15, 0.2) is 0 Å². The minimum absolute atomic E-state index is 0.751. The van der Waals surface area contributed by atoms with Gasteiger partial charge in [0.05, 0.1) is 25.9 Å². The summed E-state index contributed by atoms with van der Waals surface area (Å²) in [4.78, 5) is 12.5. The highest BCUT2D eigenvalue weighted by Crippen LogP contribution is 2.35. The van der Waals surface area contributed by atoms with Crippen LogP contribution in [0.1, 0.15) is 13.8 Å². The molecule has 20 atom stereocenters. The zero-order chi connectivity index (χ0) is 34.9. The molecule has 4 fully saturated rings. The first-order chi connectivity index (χ1) is 22.1. The van der Waals surface area contributed by atoms with E-state index in [0.717, 1.165) is 6.92 Å². The van der Waals surface area contributed by atoms with E-state index in [9.17, 15) is 66.1 Å². The summed E-state index contributed by atoms with van der Waals surface area (Å²) in [6, 6.07) is -1.59. The van der Waals surface area contributed by atoms with Crippen LogP contribution in [0.3, 0.4) is 0 Å². The number of aliphatic hydroxyl groups is 12. The minimum atomic E-state index is -1.96. The van der Waals surface area contributed by atoms with Crippen molar-refractivity contribution >= 4 is 5.91 Å². The third-order valence-electron chi connectivity index (χ3n) is 8.57. The van der Waals surface area contributed by atoms with Crippen molar-refractivity contribution in [3.05, 3.63) is 0 Å². The van der Waals surface area contributed by atoms with Gasteiger partial charge in [0, 0.05) is 6.92 Å².